The van der Waals surface area contributed by atoms with Crippen LogP contribution in [0.5, 0.6) is 11.5 Å². The Labute approximate surface area is 130 Å². The summed E-state index contributed by atoms with van der Waals surface area (Å²) in [6.07, 6.45) is 0.704. The van der Waals surface area contributed by atoms with Crippen LogP contribution in [0.4, 0.5) is 0 Å². The fourth-order valence-electron chi connectivity index (χ4n) is 1.74. The summed E-state index contributed by atoms with van der Waals surface area (Å²) < 4.78 is 11.3. The van der Waals surface area contributed by atoms with Gasteiger partial charge in [0.1, 0.15) is 6.29 Å². The molecule has 0 aliphatic carbocycles. The van der Waals surface area contributed by atoms with E-state index in [2.05, 4.69) is 15.9 Å². The molecular formula is C16H13BrO4. The summed E-state index contributed by atoms with van der Waals surface area (Å²) in [5.74, 6) is 0.116. The van der Waals surface area contributed by atoms with Gasteiger partial charge in [0.05, 0.1) is 16.6 Å². The van der Waals surface area contributed by atoms with E-state index in [0.717, 1.165) is 0 Å². The average molecular weight is 349 g/mol. The van der Waals surface area contributed by atoms with Crippen molar-refractivity contribution in [3.63, 3.8) is 0 Å². The molecule has 0 aromatic heterocycles. The Balaban J connectivity index is 2.34. The minimum Gasteiger partial charge on any atom is -0.490 e. The Kier molecular flexibility index (Phi) is 5.11. The lowest BCUT2D eigenvalue weighted by molar-refractivity contribution is 0.0727. The molecule has 2 aromatic rings. The molecule has 108 valence electrons. The van der Waals surface area contributed by atoms with Gasteiger partial charge in [0.15, 0.2) is 11.5 Å². The molecule has 2 rings (SSSR count). The van der Waals surface area contributed by atoms with Gasteiger partial charge < -0.3 is 9.47 Å². The predicted molar refractivity (Wildman–Crippen MR) is 82.1 cm³/mol. The summed E-state index contributed by atoms with van der Waals surface area (Å²) in [6, 6.07) is 11.8. The number of carbonyl (C=O) groups excluding carboxylic acids is 2. The first kappa shape index (κ1) is 15.3. The van der Waals surface area contributed by atoms with Gasteiger partial charge in [0, 0.05) is 5.56 Å². The van der Waals surface area contributed by atoms with Crippen molar-refractivity contribution < 1.29 is 19.1 Å². The minimum absolute atomic E-state index is 0.260. The van der Waals surface area contributed by atoms with Crippen LogP contribution in [0.1, 0.15) is 27.6 Å². The first-order valence-electron chi connectivity index (χ1n) is 6.34. The molecule has 0 fully saturated rings. The molecule has 21 heavy (non-hydrogen) atoms. The van der Waals surface area contributed by atoms with E-state index in [1.165, 1.54) is 6.07 Å². The van der Waals surface area contributed by atoms with Gasteiger partial charge in [-0.15, -0.1) is 0 Å². The Morgan fingerprint density at radius 2 is 1.95 bits per heavy atom. The number of hydrogen-bond donors (Lipinski definition) is 0. The van der Waals surface area contributed by atoms with Gasteiger partial charge in [-0.25, -0.2) is 4.79 Å². The van der Waals surface area contributed by atoms with Gasteiger partial charge in [-0.2, -0.15) is 0 Å². The van der Waals surface area contributed by atoms with E-state index in [0.29, 0.717) is 34.2 Å². The van der Waals surface area contributed by atoms with Gasteiger partial charge in [0.25, 0.3) is 0 Å². The highest BCUT2D eigenvalue weighted by Gasteiger charge is 2.17. The number of benzene rings is 2. The lowest BCUT2D eigenvalue weighted by Gasteiger charge is -2.13. The Bertz CT molecular complexity index is 653. The second-order valence-corrected chi connectivity index (χ2v) is 4.99. The van der Waals surface area contributed by atoms with Crippen LogP contribution in [0.3, 0.4) is 0 Å². The number of ether oxygens (including phenoxy) is 2. The third-order valence-electron chi connectivity index (χ3n) is 2.67. The van der Waals surface area contributed by atoms with E-state index < -0.39 is 5.97 Å². The molecule has 2 aromatic carbocycles. The van der Waals surface area contributed by atoms with Crippen molar-refractivity contribution in [2.75, 3.05) is 6.61 Å². The van der Waals surface area contributed by atoms with Gasteiger partial charge >= 0.3 is 5.97 Å². The van der Waals surface area contributed by atoms with Crippen LogP contribution in [0.15, 0.2) is 46.9 Å². The molecule has 0 bridgehead atoms. The molecule has 5 heteroatoms. The average Bonchev–Trinajstić information content (AvgIpc) is 2.51. The van der Waals surface area contributed by atoms with E-state index >= 15 is 0 Å². The summed E-state index contributed by atoms with van der Waals surface area (Å²) in [4.78, 5) is 23.0. The van der Waals surface area contributed by atoms with Crippen LogP contribution in [0.2, 0.25) is 0 Å². The molecular weight excluding hydrogens is 336 g/mol. The van der Waals surface area contributed by atoms with Gasteiger partial charge in [-0.3, -0.25) is 4.79 Å². The van der Waals surface area contributed by atoms with Crippen LogP contribution in [-0.4, -0.2) is 18.9 Å². The molecule has 0 spiro atoms. The summed E-state index contributed by atoms with van der Waals surface area (Å²) in [5.41, 5.74) is 0.871. The van der Waals surface area contributed by atoms with E-state index in [9.17, 15) is 9.59 Å². The van der Waals surface area contributed by atoms with Gasteiger partial charge in [0.2, 0.25) is 0 Å². The second-order valence-electron chi connectivity index (χ2n) is 4.14. The number of rotatable bonds is 5. The third-order valence-corrected chi connectivity index (χ3v) is 3.26. The maximum Gasteiger partial charge on any atom is 0.343 e. The monoisotopic (exact) mass is 348 g/mol. The summed E-state index contributed by atoms with van der Waals surface area (Å²) in [7, 11) is 0. The summed E-state index contributed by atoms with van der Waals surface area (Å²) in [6.45, 7) is 2.20. The number of aldehydes is 1. The minimum atomic E-state index is -0.490. The highest BCUT2D eigenvalue weighted by molar-refractivity contribution is 9.10. The standard InChI is InChI=1S/C16H13BrO4/c1-2-20-14-9-11(10-18)8-13(17)15(14)21-16(19)12-6-4-3-5-7-12/h3-10H,2H2,1H3. The van der Waals surface area contributed by atoms with Crippen LogP contribution in [0, 0.1) is 0 Å². The zero-order valence-corrected chi connectivity index (χ0v) is 12.9. The molecule has 0 atom stereocenters. The third kappa shape index (κ3) is 3.70. The number of esters is 1. The summed E-state index contributed by atoms with van der Waals surface area (Å²) >= 11 is 3.29. The van der Waals surface area contributed by atoms with Crippen LogP contribution in [-0.2, 0) is 0 Å². The van der Waals surface area contributed by atoms with Crippen molar-refractivity contribution in [2.45, 2.75) is 6.92 Å². The van der Waals surface area contributed by atoms with E-state index in [1.807, 2.05) is 13.0 Å². The second kappa shape index (κ2) is 7.04. The van der Waals surface area contributed by atoms with Crippen molar-refractivity contribution in [1.29, 1.82) is 0 Å². The largest absolute Gasteiger partial charge is 0.490 e. The quantitative estimate of drug-likeness (QED) is 0.467. The molecule has 0 saturated carbocycles. The number of carbonyl (C=O) groups is 2. The van der Waals surface area contributed by atoms with Gasteiger partial charge in [-0.1, -0.05) is 18.2 Å². The maximum absolute atomic E-state index is 12.1. The van der Waals surface area contributed by atoms with Crippen molar-refractivity contribution in [2.24, 2.45) is 0 Å². The van der Waals surface area contributed by atoms with Crippen LogP contribution in [0.25, 0.3) is 0 Å². The molecule has 0 aliphatic rings. The first-order valence-corrected chi connectivity index (χ1v) is 7.13. The molecule has 0 heterocycles. The molecule has 0 radical (unpaired) electrons. The lowest BCUT2D eigenvalue weighted by Crippen LogP contribution is -2.10. The van der Waals surface area contributed by atoms with Crippen molar-refractivity contribution in [1.82, 2.24) is 0 Å². The smallest absolute Gasteiger partial charge is 0.343 e. The zero-order chi connectivity index (χ0) is 15.2. The van der Waals surface area contributed by atoms with Crippen LogP contribution < -0.4 is 9.47 Å². The molecule has 0 aliphatic heterocycles. The number of halogens is 1. The summed E-state index contributed by atoms with van der Waals surface area (Å²) in [5, 5.41) is 0. The normalized spacial score (nSPS) is 10.0. The number of hydrogen-bond acceptors (Lipinski definition) is 4. The Hall–Kier alpha value is -2.14. The van der Waals surface area contributed by atoms with E-state index in [1.54, 1.807) is 30.3 Å². The Morgan fingerprint density at radius 3 is 2.57 bits per heavy atom. The van der Waals surface area contributed by atoms with Crippen LogP contribution >= 0.6 is 15.9 Å². The van der Waals surface area contributed by atoms with E-state index in [4.69, 9.17) is 9.47 Å². The van der Waals surface area contributed by atoms with Crippen molar-refractivity contribution in [3.05, 3.63) is 58.1 Å². The highest BCUT2D eigenvalue weighted by atomic mass is 79.9. The highest BCUT2D eigenvalue weighted by Crippen LogP contribution is 2.37. The molecule has 0 amide bonds. The Morgan fingerprint density at radius 1 is 1.24 bits per heavy atom. The van der Waals surface area contributed by atoms with Crippen molar-refractivity contribution in [3.8, 4) is 11.5 Å². The fraction of sp³-hybridized carbons (Fsp3) is 0.125. The first-order chi connectivity index (χ1) is 10.2. The molecule has 4 nitrogen and oxygen atoms in total. The maximum atomic E-state index is 12.1. The van der Waals surface area contributed by atoms with Gasteiger partial charge in [-0.05, 0) is 47.1 Å². The zero-order valence-electron chi connectivity index (χ0n) is 11.3. The topological polar surface area (TPSA) is 52.6 Å². The molecule has 0 saturated heterocycles. The molecule has 0 N–H and O–H groups in total. The van der Waals surface area contributed by atoms with E-state index in [-0.39, 0.29) is 5.75 Å². The fourth-order valence-corrected chi connectivity index (χ4v) is 2.28. The SMILES string of the molecule is CCOc1cc(C=O)cc(Br)c1OC(=O)c1ccccc1. The van der Waals surface area contributed by atoms with Crippen molar-refractivity contribution >= 4 is 28.2 Å². The predicted octanol–water partition coefficient (Wildman–Crippen LogP) is 3.88. The lowest BCUT2D eigenvalue weighted by atomic mass is 10.2. The molecule has 0 unspecified atom stereocenters.